The molecule has 1 aromatic heterocycles. The van der Waals surface area contributed by atoms with Gasteiger partial charge in [0.15, 0.2) is 0 Å². The van der Waals surface area contributed by atoms with Gasteiger partial charge in [-0.05, 0) is 123 Å². The zero-order valence-corrected chi connectivity index (χ0v) is 28.5. The Morgan fingerprint density at radius 3 is 2.71 bits per heavy atom. The number of hydrogen-bond donors (Lipinski definition) is 0. The van der Waals surface area contributed by atoms with Gasteiger partial charge in [0, 0.05) is 52.7 Å². The van der Waals surface area contributed by atoms with E-state index < -0.39 is 0 Å². The van der Waals surface area contributed by atoms with Crippen LogP contribution in [0.3, 0.4) is 0 Å². The van der Waals surface area contributed by atoms with E-state index in [2.05, 4.69) is 102 Å². The smallest absolute Gasteiger partial charge is 0.124 e. The monoisotopic (exact) mass is 645 g/mol. The van der Waals surface area contributed by atoms with E-state index >= 15 is 0 Å². The number of benzene rings is 1. The van der Waals surface area contributed by atoms with Crippen LogP contribution in [0.1, 0.15) is 75.1 Å². The first-order valence-corrected chi connectivity index (χ1v) is 19.4. The normalized spacial score (nSPS) is 36.7. The third-order valence-electron chi connectivity index (χ3n) is 14.0. The van der Waals surface area contributed by atoms with Crippen molar-refractivity contribution >= 4 is 10.9 Å². The van der Waals surface area contributed by atoms with Crippen LogP contribution in [0.5, 0.6) is 0 Å². The van der Waals surface area contributed by atoms with Gasteiger partial charge in [-0.25, -0.2) is 0 Å². The summed E-state index contributed by atoms with van der Waals surface area (Å²) in [5.74, 6) is 5.69. The summed E-state index contributed by atoms with van der Waals surface area (Å²) in [4.78, 5) is 0. The summed E-state index contributed by atoms with van der Waals surface area (Å²) < 4.78 is 16.2. The lowest BCUT2D eigenvalue weighted by Gasteiger charge is -2.43. The molecule has 0 bridgehead atoms. The summed E-state index contributed by atoms with van der Waals surface area (Å²) in [6.45, 7) is 0. The van der Waals surface area contributed by atoms with Crippen molar-refractivity contribution in [3.05, 3.63) is 142 Å². The van der Waals surface area contributed by atoms with Gasteiger partial charge in [-0.3, -0.25) is 0 Å². The number of hydrogen-bond acceptors (Lipinski definition) is 2. The maximum atomic E-state index is 6.99. The summed E-state index contributed by atoms with van der Waals surface area (Å²) >= 11 is 0. The molecule has 3 nitrogen and oxygen atoms in total. The van der Waals surface area contributed by atoms with Gasteiger partial charge in [0.1, 0.15) is 23.7 Å². The van der Waals surface area contributed by atoms with Gasteiger partial charge in [-0.1, -0.05) is 78.5 Å². The van der Waals surface area contributed by atoms with Crippen LogP contribution in [-0.2, 0) is 22.3 Å². The average molecular weight is 646 g/mol. The quantitative estimate of drug-likeness (QED) is 0.332. The molecule has 2 aliphatic heterocycles. The molecule has 0 radical (unpaired) electrons. The maximum absolute atomic E-state index is 6.99. The first-order chi connectivity index (χ1) is 24.3. The molecule has 2 aromatic rings. The van der Waals surface area contributed by atoms with Crippen molar-refractivity contribution in [2.75, 3.05) is 0 Å². The molecule has 3 heteroatoms. The third kappa shape index (κ3) is 4.46. The Labute approximate surface area is 290 Å². The Morgan fingerprint density at radius 2 is 1.71 bits per heavy atom. The van der Waals surface area contributed by atoms with Crippen LogP contribution in [0.25, 0.3) is 10.9 Å². The van der Waals surface area contributed by atoms with E-state index in [0.29, 0.717) is 41.5 Å². The van der Waals surface area contributed by atoms with Crippen LogP contribution in [0.4, 0.5) is 0 Å². The minimum atomic E-state index is 0.214. The second kappa shape index (κ2) is 11.3. The third-order valence-corrected chi connectivity index (χ3v) is 14.0. The number of fused-ring (bicyclic) bond motifs is 9. The zero-order chi connectivity index (χ0) is 32.1. The fourth-order valence-corrected chi connectivity index (χ4v) is 11.9. The van der Waals surface area contributed by atoms with Gasteiger partial charge < -0.3 is 14.0 Å². The zero-order valence-electron chi connectivity index (χ0n) is 28.5. The SMILES string of the molecule is C1=CCC2C(=C1)OC1CC(n3c4c(c5ccccc53)CC(C3=CC=C5OC6C=CC=CC6C5C3)CC4)CC(C3=CCCC4=C3CCC=C4)C12. The van der Waals surface area contributed by atoms with E-state index in [1.165, 1.54) is 60.9 Å². The molecular formula is C46H47NO2. The van der Waals surface area contributed by atoms with Crippen molar-refractivity contribution in [2.24, 2.45) is 35.5 Å². The van der Waals surface area contributed by atoms with Gasteiger partial charge in [-0.15, -0.1) is 0 Å². The van der Waals surface area contributed by atoms with Gasteiger partial charge in [0.05, 0.1) is 0 Å². The molecule has 11 rings (SSSR count). The fraction of sp³-hybridized carbons (Fsp3) is 0.435. The summed E-state index contributed by atoms with van der Waals surface area (Å²) in [6, 6.07) is 9.84. The molecule has 1 aromatic carbocycles. The van der Waals surface area contributed by atoms with E-state index in [9.17, 15) is 0 Å². The second-order valence-corrected chi connectivity index (χ2v) is 16.3. The average Bonchev–Trinajstić information content (AvgIpc) is 3.83. The molecule has 7 aliphatic carbocycles. The molecule has 0 amide bonds. The van der Waals surface area contributed by atoms with Crippen molar-refractivity contribution in [2.45, 2.75) is 88.9 Å². The second-order valence-electron chi connectivity index (χ2n) is 16.3. The highest BCUT2D eigenvalue weighted by Gasteiger charge is 2.52. The van der Waals surface area contributed by atoms with E-state index in [1.807, 2.05) is 0 Å². The molecule has 2 saturated heterocycles. The number of ether oxygens (including phenoxy) is 2. The predicted molar refractivity (Wildman–Crippen MR) is 197 cm³/mol. The molecule has 9 atom stereocenters. The Morgan fingerprint density at radius 1 is 0.776 bits per heavy atom. The Bertz CT molecular complexity index is 2020. The van der Waals surface area contributed by atoms with Crippen molar-refractivity contribution in [3.63, 3.8) is 0 Å². The van der Waals surface area contributed by atoms with Gasteiger partial charge >= 0.3 is 0 Å². The largest absolute Gasteiger partial charge is 0.494 e. The fourth-order valence-electron chi connectivity index (χ4n) is 11.9. The van der Waals surface area contributed by atoms with Crippen molar-refractivity contribution < 1.29 is 9.47 Å². The van der Waals surface area contributed by atoms with E-state index in [1.54, 1.807) is 33.5 Å². The number of para-hydroxylation sites is 1. The Balaban J connectivity index is 0.948. The lowest BCUT2D eigenvalue weighted by Crippen LogP contribution is -2.39. The number of allylic oxidation sites excluding steroid dienone is 16. The maximum Gasteiger partial charge on any atom is 0.124 e. The van der Waals surface area contributed by atoms with Gasteiger partial charge in [-0.2, -0.15) is 0 Å². The highest BCUT2D eigenvalue weighted by Crippen LogP contribution is 2.57. The molecule has 248 valence electrons. The highest BCUT2D eigenvalue weighted by molar-refractivity contribution is 5.86. The first-order valence-electron chi connectivity index (χ1n) is 19.4. The summed E-state index contributed by atoms with van der Waals surface area (Å²) in [5.41, 5.74) is 11.3. The summed E-state index contributed by atoms with van der Waals surface area (Å²) in [7, 11) is 0. The molecule has 9 unspecified atom stereocenters. The standard InChI is InChI=1S/C46H47NO2/c1-2-12-32-28(10-1)11-9-16-33(32)39-26-31(27-45-46(39)36-15-5-8-19-43(36)49-45)47-40-17-6-3-13-34(40)37-24-29(20-22-41(37)47)30-21-23-44-38(25-30)35-14-4-7-18-42(35)48-44/h1,3-8,10,13-14,16-19,21,23,29,31,35-36,38-39,42,45-46H,2,9,11-12,15,20,22,24-27H2. The molecule has 3 heterocycles. The molecule has 0 spiro atoms. The molecule has 3 fully saturated rings. The number of rotatable bonds is 3. The van der Waals surface area contributed by atoms with E-state index in [4.69, 9.17) is 9.47 Å². The van der Waals surface area contributed by atoms with Crippen LogP contribution in [-0.4, -0.2) is 16.8 Å². The minimum absolute atomic E-state index is 0.214. The Kier molecular flexibility index (Phi) is 6.63. The van der Waals surface area contributed by atoms with Gasteiger partial charge in [0.25, 0.3) is 0 Å². The lowest BCUT2D eigenvalue weighted by molar-refractivity contribution is 0.0485. The van der Waals surface area contributed by atoms with Crippen LogP contribution in [0.15, 0.2) is 131 Å². The predicted octanol–water partition coefficient (Wildman–Crippen LogP) is 10.5. The molecule has 9 aliphatic rings. The molecule has 1 saturated carbocycles. The molecule has 0 N–H and O–H groups in total. The van der Waals surface area contributed by atoms with Gasteiger partial charge in [0.2, 0.25) is 0 Å². The Hall–Kier alpha value is -3.98. The molecule has 49 heavy (non-hydrogen) atoms. The van der Waals surface area contributed by atoms with Crippen LogP contribution >= 0.6 is 0 Å². The summed E-state index contributed by atoms with van der Waals surface area (Å²) in [6.07, 6.45) is 41.6. The van der Waals surface area contributed by atoms with E-state index in [-0.39, 0.29) is 12.2 Å². The first kappa shape index (κ1) is 28.8. The van der Waals surface area contributed by atoms with E-state index in [0.717, 1.165) is 32.1 Å². The number of nitrogens with zero attached hydrogens (tertiary/aromatic N) is 1. The minimum Gasteiger partial charge on any atom is -0.494 e. The van der Waals surface area contributed by atoms with Crippen LogP contribution < -0.4 is 0 Å². The van der Waals surface area contributed by atoms with Crippen molar-refractivity contribution in [1.29, 1.82) is 0 Å². The lowest BCUT2D eigenvalue weighted by atomic mass is 9.63. The van der Waals surface area contributed by atoms with Crippen LogP contribution in [0.2, 0.25) is 0 Å². The summed E-state index contributed by atoms with van der Waals surface area (Å²) in [5, 5.41) is 1.49. The van der Waals surface area contributed by atoms with Crippen molar-refractivity contribution in [3.8, 4) is 0 Å². The topological polar surface area (TPSA) is 23.4 Å². The number of aromatic nitrogens is 1. The highest BCUT2D eigenvalue weighted by atomic mass is 16.5. The van der Waals surface area contributed by atoms with Crippen molar-refractivity contribution in [1.82, 2.24) is 4.57 Å². The van der Waals surface area contributed by atoms with Crippen LogP contribution in [0, 0.1) is 35.5 Å². The molecular weight excluding hydrogens is 599 g/mol.